The van der Waals surface area contributed by atoms with Gasteiger partial charge in [0.05, 0.1) is 6.61 Å². The third-order valence-electron chi connectivity index (χ3n) is 3.65. The molecule has 1 N–H and O–H groups in total. The molecule has 0 unspecified atom stereocenters. The first-order valence-electron chi connectivity index (χ1n) is 7.53. The first-order chi connectivity index (χ1) is 9.25. The summed E-state index contributed by atoms with van der Waals surface area (Å²) in [5.41, 5.74) is 1.17. The smallest absolute Gasteiger partial charge is 0.217 e. The maximum absolute atomic E-state index is 5.93. The molecule has 1 aromatic rings. The van der Waals surface area contributed by atoms with Crippen molar-refractivity contribution in [2.75, 3.05) is 13.2 Å². The molecule has 1 heterocycles. The number of aromatic nitrogens is 1. The van der Waals surface area contributed by atoms with Crippen LogP contribution in [0.5, 0.6) is 5.88 Å². The maximum atomic E-state index is 5.93. The predicted octanol–water partition coefficient (Wildman–Crippen LogP) is 3.40. The summed E-state index contributed by atoms with van der Waals surface area (Å²) in [5.74, 6) is 2.21. The summed E-state index contributed by atoms with van der Waals surface area (Å²) in [4.78, 5) is 4.38. The van der Waals surface area contributed by atoms with Crippen molar-refractivity contribution in [2.24, 2.45) is 11.8 Å². The van der Waals surface area contributed by atoms with Crippen molar-refractivity contribution in [3.63, 3.8) is 0 Å². The molecule has 106 valence electrons. The molecule has 1 aliphatic rings. The van der Waals surface area contributed by atoms with Gasteiger partial charge < -0.3 is 10.1 Å². The molecule has 0 aliphatic heterocycles. The molecule has 0 radical (unpaired) electrons. The third-order valence-corrected chi connectivity index (χ3v) is 3.65. The zero-order chi connectivity index (χ0) is 13.5. The lowest BCUT2D eigenvalue weighted by Crippen LogP contribution is -2.20. The number of rotatable bonds is 7. The van der Waals surface area contributed by atoms with Crippen molar-refractivity contribution in [1.82, 2.24) is 10.3 Å². The number of nitrogens with one attached hydrogen (secondary N) is 1. The Morgan fingerprint density at radius 1 is 1.37 bits per heavy atom. The van der Waals surface area contributed by atoms with E-state index in [-0.39, 0.29) is 0 Å². The van der Waals surface area contributed by atoms with Crippen molar-refractivity contribution in [2.45, 2.75) is 46.1 Å². The molecule has 19 heavy (non-hydrogen) atoms. The lowest BCUT2D eigenvalue weighted by molar-refractivity contribution is 0.240. The molecule has 1 aliphatic carbocycles. The second kappa shape index (κ2) is 7.49. The SMILES string of the molecule is CC(C)CNCc1cccnc1OCC1CCCC1. The second-order valence-corrected chi connectivity index (χ2v) is 5.95. The lowest BCUT2D eigenvalue weighted by Gasteiger charge is -2.14. The molecule has 1 saturated carbocycles. The van der Waals surface area contributed by atoms with Gasteiger partial charge in [0.1, 0.15) is 0 Å². The van der Waals surface area contributed by atoms with Crippen molar-refractivity contribution in [3.05, 3.63) is 23.9 Å². The molecular weight excluding hydrogens is 236 g/mol. The highest BCUT2D eigenvalue weighted by molar-refractivity contribution is 5.25. The molecule has 0 aromatic carbocycles. The van der Waals surface area contributed by atoms with E-state index in [9.17, 15) is 0 Å². The van der Waals surface area contributed by atoms with Gasteiger partial charge in [-0.25, -0.2) is 4.98 Å². The van der Waals surface area contributed by atoms with Gasteiger partial charge in [-0.1, -0.05) is 32.8 Å². The Morgan fingerprint density at radius 3 is 2.89 bits per heavy atom. The standard InChI is InChI=1S/C16H26N2O/c1-13(2)10-17-11-15-8-5-9-18-16(15)19-12-14-6-3-4-7-14/h5,8-9,13-14,17H,3-4,6-7,10-12H2,1-2H3. The number of pyridine rings is 1. The van der Waals surface area contributed by atoms with Gasteiger partial charge in [0.15, 0.2) is 0 Å². The van der Waals surface area contributed by atoms with E-state index < -0.39 is 0 Å². The predicted molar refractivity (Wildman–Crippen MR) is 78.2 cm³/mol. The Labute approximate surface area is 116 Å². The summed E-state index contributed by atoms with van der Waals surface area (Å²) in [6.45, 7) is 7.12. The zero-order valence-corrected chi connectivity index (χ0v) is 12.2. The molecule has 2 rings (SSSR count). The summed E-state index contributed by atoms with van der Waals surface area (Å²) >= 11 is 0. The van der Waals surface area contributed by atoms with E-state index in [1.165, 1.54) is 31.2 Å². The highest BCUT2D eigenvalue weighted by atomic mass is 16.5. The van der Waals surface area contributed by atoms with Crippen molar-refractivity contribution >= 4 is 0 Å². The molecule has 0 atom stereocenters. The number of hydrogen-bond donors (Lipinski definition) is 1. The Hall–Kier alpha value is -1.09. The second-order valence-electron chi connectivity index (χ2n) is 5.95. The molecule has 0 saturated heterocycles. The number of hydrogen-bond acceptors (Lipinski definition) is 3. The Balaban J connectivity index is 1.84. The van der Waals surface area contributed by atoms with Crippen LogP contribution in [0.25, 0.3) is 0 Å². The van der Waals surface area contributed by atoms with Crippen molar-refractivity contribution < 1.29 is 4.74 Å². The number of nitrogens with zero attached hydrogens (tertiary/aromatic N) is 1. The van der Waals surface area contributed by atoms with Crippen LogP contribution in [0.3, 0.4) is 0 Å². The van der Waals surface area contributed by atoms with E-state index in [1.807, 2.05) is 12.3 Å². The summed E-state index contributed by atoms with van der Waals surface area (Å²) in [5, 5.41) is 3.45. The Kier molecular flexibility index (Phi) is 5.64. The molecular formula is C16H26N2O. The molecule has 1 fully saturated rings. The fraction of sp³-hybridized carbons (Fsp3) is 0.688. The van der Waals surface area contributed by atoms with Crippen LogP contribution in [0.1, 0.15) is 45.1 Å². The molecule has 3 nitrogen and oxygen atoms in total. The van der Waals surface area contributed by atoms with E-state index in [4.69, 9.17) is 4.74 Å². The van der Waals surface area contributed by atoms with Crippen LogP contribution in [-0.4, -0.2) is 18.1 Å². The van der Waals surface area contributed by atoms with E-state index in [0.717, 1.165) is 31.5 Å². The molecule has 3 heteroatoms. The van der Waals surface area contributed by atoms with Crippen LogP contribution in [0, 0.1) is 11.8 Å². The van der Waals surface area contributed by atoms with Crippen LogP contribution in [0.2, 0.25) is 0 Å². The van der Waals surface area contributed by atoms with Crippen LogP contribution < -0.4 is 10.1 Å². The van der Waals surface area contributed by atoms with E-state index in [1.54, 1.807) is 0 Å². The number of ether oxygens (including phenoxy) is 1. The topological polar surface area (TPSA) is 34.2 Å². The Bertz CT molecular complexity index is 373. The van der Waals surface area contributed by atoms with Gasteiger partial charge in [-0.15, -0.1) is 0 Å². The van der Waals surface area contributed by atoms with Gasteiger partial charge in [0, 0.05) is 18.3 Å². The summed E-state index contributed by atoms with van der Waals surface area (Å²) in [6.07, 6.45) is 7.16. The van der Waals surface area contributed by atoms with Gasteiger partial charge in [0.2, 0.25) is 5.88 Å². The lowest BCUT2D eigenvalue weighted by atomic mass is 10.1. The quantitative estimate of drug-likeness (QED) is 0.818. The highest BCUT2D eigenvalue weighted by Crippen LogP contribution is 2.25. The molecule has 0 spiro atoms. The van der Waals surface area contributed by atoms with E-state index >= 15 is 0 Å². The fourth-order valence-corrected chi connectivity index (χ4v) is 2.56. The minimum atomic E-state index is 0.666. The van der Waals surface area contributed by atoms with E-state index in [2.05, 4.69) is 30.2 Å². The van der Waals surface area contributed by atoms with Crippen molar-refractivity contribution in [1.29, 1.82) is 0 Å². The molecule has 1 aromatic heterocycles. The first-order valence-corrected chi connectivity index (χ1v) is 7.53. The summed E-state index contributed by atoms with van der Waals surface area (Å²) in [6, 6.07) is 4.08. The van der Waals surface area contributed by atoms with Gasteiger partial charge in [-0.2, -0.15) is 0 Å². The minimum absolute atomic E-state index is 0.666. The minimum Gasteiger partial charge on any atom is -0.477 e. The normalized spacial score (nSPS) is 16.2. The third kappa shape index (κ3) is 4.83. The fourth-order valence-electron chi connectivity index (χ4n) is 2.56. The monoisotopic (exact) mass is 262 g/mol. The van der Waals surface area contributed by atoms with Gasteiger partial charge >= 0.3 is 0 Å². The average Bonchev–Trinajstić information content (AvgIpc) is 2.90. The largest absolute Gasteiger partial charge is 0.477 e. The summed E-state index contributed by atoms with van der Waals surface area (Å²) in [7, 11) is 0. The zero-order valence-electron chi connectivity index (χ0n) is 12.2. The van der Waals surface area contributed by atoms with Crippen LogP contribution in [-0.2, 0) is 6.54 Å². The maximum Gasteiger partial charge on any atom is 0.217 e. The first kappa shape index (κ1) is 14.3. The van der Waals surface area contributed by atoms with Crippen molar-refractivity contribution in [3.8, 4) is 5.88 Å². The molecule has 0 bridgehead atoms. The van der Waals surface area contributed by atoms with Gasteiger partial charge in [-0.3, -0.25) is 0 Å². The van der Waals surface area contributed by atoms with Crippen LogP contribution in [0.4, 0.5) is 0 Å². The van der Waals surface area contributed by atoms with Gasteiger partial charge in [0.25, 0.3) is 0 Å². The summed E-state index contributed by atoms with van der Waals surface area (Å²) < 4.78 is 5.93. The van der Waals surface area contributed by atoms with Crippen LogP contribution in [0.15, 0.2) is 18.3 Å². The highest BCUT2D eigenvalue weighted by Gasteiger charge is 2.16. The average molecular weight is 262 g/mol. The molecule has 0 amide bonds. The van der Waals surface area contributed by atoms with Gasteiger partial charge in [-0.05, 0) is 37.3 Å². The Morgan fingerprint density at radius 2 is 2.16 bits per heavy atom. The van der Waals surface area contributed by atoms with E-state index in [0.29, 0.717) is 5.92 Å². The van der Waals surface area contributed by atoms with Crippen LogP contribution >= 0.6 is 0 Å².